The van der Waals surface area contributed by atoms with Crippen molar-refractivity contribution in [2.75, 3.05) is 6.54 Å². The highest BCUT2D eigenvalue weighted by molar-refractivity contribution is 7.88. The third kappa shape index (κ3) is 4.53. The minimum Gasteiger partial charge on any atom is -0.392 e. The van der Waals surface area contributed by atoms with Gasteiger partial charge in [0.1, 0.15) is 0 Å². The lowest BCUT2D eigenvalue weighted by Crippen LogP contribution is -2.36. The second-order valence-corrected chi connectivity index (χ2v) is 7.93. The van der Waals surface area contributed by atoms with E-state index in [4.69, 9.17) is 5.11 Å². The Kier molecular flexibility index (Phi) is 5.41. The SMILES string of the molecule is CCC1(CNS(=O)(=O)Cc2cccc(CO)c2)CCCC1. The molecule has 21 heavy (non-hydrogen) atoms. The molecular weight excluding hydrogens is 286 g/mol. The summed E-state index contributed by atoms with van der Waals surface area (Å²) in [7, 11) is -3.33. The van der Waals surface area contributed by atoms with Crippen molar-refractivity contribution in [3.63, 3.8) is 0 Å². The summed E-state index contributed by atoms with van der Waals surface area (Å²) in [5.74, 6) is -0.0271. The largest absolute Gasteiger partial charge is 0.392 e. The number of sulfonamides is 1. The predicted molar refractivity (Wildman–Crippen MR) is 84.2 cm³/mol. The van der Waals surface area contributed by atoms with Crippen LogP contribution in [0.15, 0.2) is 24.3 Å². The molecule has 1 aromatic carbocycles. The lowest BCUT2D eigenvalue weighted by Gasteiger charge is -2.27. The van der Waals surface area contributed by atoms with E-state index in [0.29, 0.717) is 12.1 Å². The molecule has 0 atom stereocenters. The molecule has 0 unspecified atom stereocenters. The lowest BCUT2D eigenvalue weighted by molar-refractivity contribution is 0.281. The van der Waals surface area contributed by atoms with Crippen LogP contribution in [0.25, 0.3) is 0 Å². The quantitative estimate of drug-likeness (QED) is 0.813. The maximum Gasteiger partial charge on any atom is 0.215 e. The third-order valence-corrected chi connectivity index (χ3v) is 5.91. The Morgan fingerprint density at radius 3 is 2.52 bits per heavy atom. The van der Waals surface area contributed by atoms with Crippen molar-refractivity contribution in [1.82, 2.24) is 4.72 Å². The topological polar surface area (TPSA) is 66.4 Å². The monoisotopic (exact) mass is 311 g/mol. The molecule has 0 aromatic heterocycles. The van der Waals surface area contributed by atoms with Gasteiger partial charge in [-0.3, -0.25) is 0 Å². The van der Waals surface area contributed by atoms with Gasteiger partial charge in [-0.05, 0) is 35.8 Å². The number of rotatable bonds is 7. The van der Waals surface area contributed by atoms with Crippen LogP contribution in [0.2, 0.25) is 0 Å². The summed E-state index contributed by atoms with van der Waals surface area (Å²) in [6.45, 7) is 2.62. The fourth-order valence-electron chi connectivity index (χ4n) is 3.13. The standard InChI is InChI=1S/C16H25NO3S/c1-2-16(8-3-4-9-16)13-17-21(19,20)12-15-7-5-6-14(10-15)11-18/h5-7,10,17-18H,2-4,8-9,11-13H2,1H3. The first-order valence-corrected chi connectivity index (χ1v) is 9.30. The summed E-state index contributed by atoms with van der Waals surface area (Å²) >= 11 is 0. The summed E-state index contributed by atoms with van der Waals surface area (Å²) < 4.78 is 27.3. The number of hydrogen-bond donors (Lipinski definition) is 2. The van der Waals surface area contributed by atoms with Gasteiger partial charge in [0.05, 0.1) is 12.4 Å². The van der Waals surface area contributed by atoms with Crippen molar-refractivity contribution >= 4 is 10.0 Å². The fourth-order valence-corrected chi connectivity index (χ4v) is 4.38. The Morgan fingerprint density at radius 2 is 1.90 bits per heavy atom. The molecule has 118 valence electrons. The zero-order valence-corrected chi connectivity index (χ0v) is 13.5. The number of aliphatic hydroxyl groups excluding tert-OH is 1. The second-order valence-electron chi connectivity index (χ2n) is 6.12. The lowest BCUT2D eigenvalue weighted by atomic mass is 9.84. The van der Waals surface area contributed by atoms with Crippen LogP contribution in [0.1, 0.15) is 50.2 Å². The van der Waals surface area contributed by atoms with Crippen molar-refractivity contribution in [1.29, 1.82) is 0 Å². The normalized spacial score (nSPS) is 18.0. The average Bonchev–Trinajstić information content (AvgIpc) is 2.95. The van der Waals surface area contributed by atoms with Crippen molar-refractivity contribution in [3.8, 4) is 0 Å². The molecule has 1 aromatic rings. The van der Waals surface area contributed by atoms with Crippen LogP contribution in [0, 0.1) is 5.41 Å². The van der Waals surface area contributed by atoms with Crippen molar-refractivity contribution in [2.45, 2.75) is 51.4 Å². The highest BCUT2D eigenvalue weighted by atomic mass is 32.2. The fraction of sp³-hybridized carbons (Fsp3) is 0.625. The van der Waals surface area contributed by atoms with Crippen LogP contribution >= 0.6 is 0 Å². The van der Waals surface area contributed by atoms with Crippen LogP contribution in [-0.4, -0.2) is 20.1 Å². The van der Waals surface area contributed by atoms with Gasteiger partial charge in [0.2, 0.25) is 10.0 Å². The molecule has 0 heterocycles. The van der Waals surface area contributed by atoms with Gasteiger partial charge < -0.3 is 5.11 Å². The molecule has 2 N–H and O–H groups in total. The van der Waals surface area contributed by atoms with E-state index in [1.54, 1.807) is 24.3 Å². The van der Waals surface area contributed by atoms with Gasteiger partial charge in [-0.2, -0.15) is 0 Å². The van der Waals surface area contributed by atoms with Crippen molar-refractivity contribution < 1.29 is 13.5 Å². The molecule has 1 aliphatic rings. The van der Waals surface area contributed by atoms with E-state index in [-0.39, 0.29) is 17.8 Å². The maximum atomic E-state index is 12.2. The Hall–Kier alpha value is -0.910. The summed E-state index contributed by atoms with van der Waals surface area (Å²) in [5.41, 5.74) is 1.61. The first kappa shape index (κ1) is 16.5. The number of aliphatic hydroxyl groups is 1. The number of hydrogen-bond acceptors (Lipinski definition) is 3. The Balaban J connectivity index is 1.98. The third-order valence-electron chi connectivity index (χ3n) is 4.61. The Bertz CT molecular complexity index is 563. The zero-order chi connectivity index (χ0) is 15.3. The van der Waals surface area contributed by atoms with Crippen molar-refractivity contribution in [3.05, 3.63) is 35.4 Å². The van der Waals surface area contributed by atoms with Crippen LogP contribution in [0.4, 0.5) is 0 Å². The Labute approximate surface area is 127 Å². The average molecular weight is 311 g/mol. The number of benzene rings is 1. The smallest absolute Gasteiger partial charge is 0.215 e. The first-order chi connectivity index (χ1) is 9.99. The van der Waals surface area contributed by atoms with E-state index in [9.17, 15) is 8.42 Å². The van der Waals surface area contributed by atoms with Crippen LogP contribution in [0.3, 0.4) is 0 Å². The number of nitrogens with one attached hydrogen (secondary N) is 1. The molecule has 1 fully saturated rings. The van der Waals surface area contributed by atoms with E-state index >= 15 is 0 Å². The van der Waals surface area contributed by atoms with Crippen molar-refractivity contribution in [2.24, 2.45) is 5.41 Å². The summed E-state index contributed by atoms with van der Waals surface area (Å²) in [6, 6.07) is 7.09. The van der Waals surface area contributed by atoms with Gasteiger partial charge in [-0.25, -0.2) is 13.1 Å². The first-order valence-electron chi connectivity index (χ1n) is 7.65. The van der Waals surface area contributed by atoms with E-state index in [1.807, 2.05) is 0 Å². The Morgan fingerprint density at radius 1 is 1.24 bits per heavy atom. The van der Waals surface area contributed by atoms with Gasteiger partial charge in [0.15, 0.2) is 0 Å². The minimum atomic E-state index is -3.33. The molecule has 0 saturated heterocycles. The van der Waals surface area contributed by atoms with Gasteiger partial charge in [0.25, 0.3) is 0 Å². The summed E-state index contributed by atoms with van der Waals surface area (Å²) in [5, 5.41) is 9.11. The van der Waals surface area contributed by atoms with Gasteiger partial charge in [-0.15, -0.1) is 0 Å². The molecule has 4 nitrogen and oxygen atoms in total. The highest BCUT2D eigenvalue weighted by Crippen LogP contribution is 2.40. The predicted octanol–water partition coefficient (Wildman–Crippen LogP) is 2.57. The molecule has 1 aliphatic carbocycles. The van der Waals surface area contributed by atoms with Crippen LogP contribution in [0.5, 0.6) is 0 Å². The highest BCUT2D eigenvalue weighted by Gasteiger charge is 2.32. The molecule has 0 aliphatic heterocycles. The van der Waals surface area contributed by atoms with Gasteiger partial charge >= 0.3 is 0 Å². The molecule has 1 saturated carbocycles. The van der Waals surface area contributed by atoms with E-state index in [0.717, 1.165) is 24.8 Å². The maximum absolute atomic E-state index is 12.2. The van der Waals surface area contributed by atoms with E-state index in [1.165, 1.54) is 12.8 Å². The van der Waals surface area contributed by atoms with Crippen LogP contribution < -0.4 is 4.72 Å². The second kappa shape index (κ2) is 6.90. The summed E-state index contributed by atoms with van der Waals surface area (Å²) in [4.78, 5) is 0. The minimum absolute atomic E-state index is 0.0271. The molecule has 0 radical (unpaired) electrons. The molecule has 0 spiro atoms. The van der Waals surface area contributed by atoms with Crippen LogP contribution in [-0.2, 0) is 22.4 Å². The molecule has 5 heteroatoms. The molecule has 0 amide bonds. The molecular formula is C16H25NO3S. The van der Waals surface area contributed by atoms with E-state index < -0.39 is 10.0 Å². The van der Waals surface area contributed by atoms with Gasteiger partial charge in [-0.1, -0.05) is 44.0 Å². The molecule has 0 bridgehead atoms. The van der Waals surface area contributed by atoms with E-state index in [2.05, 4.69) is 11.6 Å². The zero-order valence-electron chi connectivity index (χ0n) is 12.6. The summed E-state index contributed by atoms with van der Waals surface area (Å²) in [6.07, 6.45) is 5.66. The molecule has 2 rings (SSSR count). The van der Waals surface area contributed by atoms with Gasteiger partial charge in [0, 0.05) is 6.54 Å².